The van der Waals surface area contributed by atoms with Gasteiger partial charge in [0.1, 0.15) is 22.3 Å². The molecule has 0 fully saturated rings. The third-order valence-electron chi connectivity index (χ3n) is 9.48. The van der Waals surface area contributed by atoms with Crippen LogP contribution in [0.1, 0.15) is 0 Å². The highest BCUT2D eigenvalue weighted by Crippen LogP contribution is 2.40. The molecule has 234 valence electrons. The molecule has 0 spiro atoms. The fourth-order valence-electron chi connectivity index (χ4n) is 7.09. The number of nitrogens with zero attached hydrogens (tertiary/aromatic N) is 2. The molecular weight excluding hydrogens is 613 g/mol. The van der Waals surface area contributed by atoms with Crippen molar-refractivity contribution in [2.45, 2.75) is 0 Å². The van der Waals surface area contributed by atoms with Gasteiger partial charge in [0.25, 0.3) is 0 Å². The highest BCUT2D eigenvalue weighted by Gasteiger charge is 2.17. The number of rotatable bonds is 5. The number of benzene rings is 7. The molecule has 0 radical (unpaired) electrons. The van der Waals surface area contributed by atoms with Gasteiger partial charge in [-0.2, -0.15) is 0 Å². The van der Waals surface area contributed by atoms with Gasteiger partial charge in [0.2, 0.25) is 0 Å². The van der Waals surface area contributed by atoms with Crippen LogP contribution in [-0.4, -0.2) is 9.97 Å². The largest absolute Gasteiger partial charge is 0.456 e. The summed E-state index contributed by atoms with van der Waals surface area (Å²) in [5.74, 6) is 0.656. The van der Waals surface area contributed by atoms with Crippen LogP contribution in [0, 0.1) is 0 Å². The second-order valence-electron chi connectivity index (χ2n) is 12.6. The molecular formula is C46H28N2O2. The highest BCUT2D eigenvalue weighted by atomic mass is 16.3. The molecule has 0 aliphatic carbocycles. The first-order valence-electron chi connectivity index (χ1n) is 16.7. The summed E-state index contributed by atoms with van der Waals surface area (Å²) in [4.78, 5) is 10.4. The monoisotopic (exact) mass is 640 g/mol. The Morgan fingerprint density at radius 1 is 0.320 bits per heavy atom. The van der Waals surface area contributed by atoms with Crippen molar-refractivity contribution in [2.75, 3.05) is 0 Å². The van der Waals surface area contributed by atoms with Crippen molar-refractivity contribution in [3.8, 4) is 56.2 Å². The summed E-state index contributed by atoms with van der Waals surface area (Å²) in [5.41, 5.74) is 12.6. The molecule has 0 bridgehead atoms. The smallest absolute Gasteiger partial charge is 0.160 e. The van der Waals surface area contributed by atoms with E-state index < -0.39 is 0 Å². The van der Waals surface area contributed by atoms with Crippen LogP contribution in [0.4, 0.5) is 0 Å². The Morgan fingerprint density at radius 2 is 0.900 bits per heavy atom. The van der Waals surface area contributed by atoms with E-state index in [0.29, 0.717) is 5.82 Å². The third-order valence-corrected chi connectivity index (χ3v) is 9.48. The average Bonchev–Trinajstić information content (AvgIpc) is 3.76. The van der Waals surface area contributed by atoms with Crippen LogP contribution in [-0.2, 0) is 0 Å². The van der Waals surface area contributed by atoms with Gasteiger partial charge in [-0.15, -0.1) is 0 Å². The first-order chi connectivity index (χ1) is 24.7. The molecule has 4 heteroatoms. The molecule has 0 saturated carbocycles. The molecule has 3 aromatic heterocycles. The molecule has 0 atom stereocenters. The van der Waals surface area contributed by atoms with E-state index in [9.17, 15) is 0 Å². The van der Waals surface area contributed by atoms with Gasteiger partial charge in [-0.3, -0.25) is 0 Å². The van der Waals surface area contributed by atoms with E-state index in [0.717, 1.165) is 94.2 Å². The number of hydrogen-bond donors (Lipinski definition) is 0. The van der Waals surface area contributed by atoms with E-state index in [1.807, 2.05) is 60.7 Å². The summed E-state index contributed by atoms with van der Waals surface area (Å²) in [6, 6.07) is 58.6. The summed E-state index contributed by atoms with van der Waals surface area (Å²) in [6.45, 7) is 0. The molecule has 50 heavy (non-hydrogen) atoms. The normalized spacial score (nSPS) is 11.6. The molecule has 10 rings (SSSR count). The molecule has 0 aliphatic heterocycles. The SMILES string of the molecule is c1ccc(-c2cc(-c3cc(-c4ccccc4)nc(-c4ccc5oc6ccccc6c5c4)n3)cc(-c3cccc4oc5ccccc5c34)c2)cc1. The minimum absolute atomic E-state index is 0.656. The minimum Gasteiger partial charge on any atom is -0.456 e. The lowest BCUT2D eigenvalue weighted by atomic mass is 9.92. The van der Waals surface area contributed by atoms with E-state index in [4.69, 9.17) is 18.8 Å². The Morgan fingerprint density at radius 3 is 1.70 bits per heavy atom. The quantitative estimate of drug-likeness (QED) is 0.188. The molecule has 0 saturated heterocycles. The zero-order chi connectivity index (χ0) is 33.0. The number of para-hydroxylation sites is 2. The first-order valence-corrected chi connectivity index (χ1v) is 16.7. The van der Waals surface area contributed by atoms with E-state index in [-0.39, 0.29) is 0 Å². The van der Waals surface area contributed by atoms with Crippen LogP contribution in [0.3, 0.4) is 0 Å². The zero-order valence-electron chi connectivity index (χ0n) is 26.9. The Labute approximate surface area is 287 Å². The Hall–Kier alpha value is -6.78. The van der Waals surface area contributed by atoms with Crippen LogP contribution in [0.5, 0.6) is 0 Å². The molecule has 10 aromatic rings. The Bertz CT molecular complexity index is 2870. The van der Waals surface area contributed by atoms with Crippen molar-refractivity contribution < 1.29 is 8.83 Å². The Kier molecular flexibility index (Phi) is 6.46. The summed E-state index contributed by atoms with van der Waals surface area (Å²) < 4.78 is 12.4. The van der Waals surface area contributed by atoms with Crippen molar-refractivity contribution >= 4 is 43.9 Å². The van der Waals surface area contributed by atoms with Gasteiger partial charge in [-0.1, -0.05) is 109 Å². The molecule has 0 N–H and O–H groups in total. The number of aromatic nitrogens is 2. The molecule has 3 heterocycles. The van der Waals surface area contributed by atoms with Gasteiger partial charge >= 0.3 is 0 Å². The third kappa shape index (κ3) is 4.77. The van der Waals surface area contributed by atoms with Crippen molar-refractivity contribution in [1.82, 2.24) is 9.97 Å². The predicted molar refractivity (Wildman–Crippen MR) is 204 cm³/mol. The van der Waals surface area contributed by atoms with E-state index in [1.165, 1.54) is 0 Å². The summed E-state index contributed by atoms with van der Waals surface area (Å²) >= 11 is 0. The van der Waals surface area contributed by atoms with Gasteiger partial charge < -0.3 is 8.83 Å². The van der Waals surface area contributed by atoms with Crippen LogP contribution in [0.2, 0.25) is 0 Å². The standard InChI is InChI=1S/C46H28N2O2/c1-3-12-29(13-4-1)32-24-33(35-18-11-21-44-45(35)37-17-8-10-20-42(37)50-44)26-34(25-32)40-28-39(30-14-5-2-6-15-30)47-46(48-40)31-22-23-43-38(27-31)36-16-7-9-19-41(36)49-43/h1-28H. The van der Waals surface area contributed by atoms with Crippen LogP contribution < -0.4 is 0 Å². The van der Waals surface area contributed by atoms with Gasteiger partial charge in [-0.25, -0.2) is 9.97 Å². The fraction of sp³-hybridized carbons (Fsp3) is 0. The number of hydrogen-bond acceptors (Lipinski definition) is 4. The van der Waals surface area contributed by atoms with Gasteiger partial charge in [0.15, 0.2) is 5.82 Å². The van der Waals surface area contributed by atoms with Crippen molar-refractivity contribution in [3.05, 3.63) is 170 Å². The van der Waals surface area contributed by atoms with Gasteiger partial charge in [0, 0.05) is 38.2 Å². The summed E-state index contributed by atoms with van der Waals surface area (Å²) in [5, 5.41) is 4.32. The van der Waals surface area contributed by atoms with E-state index >= 15 is 0 Å². The maximum atomic E-state index is 6.30. The molecule has 0 amide bonds. The zero-order valence-corrected chi connectivity index (χ0v) is 26.9. The topological polar surface area (TPSA) is 52.1 Å². The second-order valence-corrected chi connectivity index (χ2v) is 12.6. The lowest BCUT2D eigenvalue weighted by molar-refractivity contribution is 0.668. The van der Waals surface area contributed by atoms with Crippen LogP contribution in [0.25, 0.3) is 100 Å². The Balaban J connectivity index is 1.22. The van der Waals surface area contributed by atoms with Crippen molar-refractivity contribution in [2.24, 2.45) is 0 Å². The average molecular weight is 641 g/mol. The second kappa shape index (κ2) is 11.4. The van der Waals surface area contributed by atoms with E-state index in [2.05, 4.69) is 109 Å². The maximum absolute atomic E-state index is 6.30. The first kappa shape index (κ1) is 28.3. The summed E-state index contributed by atoms with van der Waals surface area (Å²) in [7, 11) is 0. The van der Waals surface area contributed by atoms with Crippen LogP contribution >= 0.6 is 0 Å². The maximum Gasteiger partial charge on any atom is 0.160 e. The fourth-order valence-corrected chi connectivity index (χ4v) is 7.09. The van der Waals surface area contributed by atoms with Crippen LogP contribution in [0.15, 0.2) is 179 Å². The van der Waals surface area contributed by atoms with Crippen molar-refractivity contribution in [1.29, 1.82) is 0 Å². The van der Waals surface area contributed by atoms with Gasteiger partial charge in [-0.05, 0) is 82.9 Å². The molecule has 0 unspecified atom stereocenters. The molecule has 4 nitrogen and oxygen atoms in total. The predicted octanol–water partition coefficient (Wildman–Crippen LogP) is 12.6. The molecule has 7 aromatic carbocycles. The number of furan rings is 2. The van der Waals surface area contributed by atoms with E-state index in [1.54, 1.807) is 0 Å². The summed E-state index contributed by atoms with van der Waals surface area (Å²) in [6.07, 6.45) is 0. The highest BCUT2D eigenvalue weighted by molar-refractivity contribution is 6.13. The lowest BCUT2D eigenvalue weighted by Crippen LogP contribution is -1.96. The van der Waals surface area contributed by atoms with Gasteiger partial charge in [0.05, 0.1) is 11.4 Å². The minimum atomic E-state index is 0.656. The lowest BCUT2D eigenvalue weighted by Gasteiger charge is -2.14. The van der Waals surface area contributed by atoms with Crippen molar-refractivity contribution in [3.63, 3.8) is 0 Å². The molecule has 0 aliphatic rings. The number of fused-ring (bicyclic) bond motifs is 6.